The van der Waals surface area contributed by atoms with Crippen LogP contribution in [-0.2, 0) is 9.59 Å². The zero-order valence-corrected chi connectivity index (χ0v) is 12.4. The van der Waals surface area contributed by atoms with Crippen molar-refractivity contribution >= 4 is 17.5 Å². The van der Waals surface area contributed by atoms with E-state index >= 15 is 0 Å². The fraction of sp³-hybridized carbons (Fsp3) is 0.500. The topological polar surface area (TPSA) is 63.4 Å². The Morgan fingerprint density at radius 2 is 1.87 bits per heavy atom. The van der Waals surface area contributed by atoms with Crippen molar-refractivity contribution in [3.05, 3.63) is 29.8 Å². The first-order chi connectivity index (χ1) is 10.8. The fourth-order valence-electron chi connectivity index (χ4n) is 3.82. The maximum Gasteiger partial charge on any atom is 0.240 e. The summed E-state index contributed by atoms with van der Waals surface area (Å²) < 4.78 is 40.8. The van der Waals surface area contributed by atoms with Crippen LogP contribution in [0.4, 0.5) is 18.9 Å². The molecule has 0 aromatic heterocycles. The molecule has 1 saturated carbocycles. The molecule has 3 rings (SSSR count). The minimum atomic E-state index is -1.12. The number of benzene rings is 1. The predicted octanol–water partition coefficient (Wildman–Crippen LogP) is 2.45. The molecule has 2 amide bonds. The van der Waals surface area contributed by atoms with Crippen molar-refractivity contribution < 1.29 is 22.8 Å². The normalized spacial score (nSPS) is 30.9. The largest absolute Gasteiger partial charge is 0.368 e. The minimum absolute atomic E-state index is 0.0178. The van der Waals surface area contributed by atoms with Crippen LogP contribution in [0.1, 0.15) is 32.1 Å². The van der Waals surface area contributed by atoms with Gasteiger partial charge in [0.2, 0.25) is 11.8 Å². The van der Waals surface area contributed by atoms with E-state index in [-0.39, 0.29) is 18.5 Å². The van der Waals surface area contributed by atoms with Gasteiger partial charge < -0.3 is 5.73 Å². The highest BCUT2D eigenvalue weighted by atomic mass is 19.1. The quantitative estimate of drug-likeness (QED) is 0.907. The van der Waals surface area contributed by atoms with Crippen molar-refractivity contribution in [2.75, 3.05) is 4.90 Å². The number of halogens is 3. The maximum atomic E-state index is 13.8. The monoisotopic (exact) mass is 326 g/mol. The number of nitrogens with zero attached hydrogens (tertiary/aromatic N) is 1. The van der Waals surface area contributed by atoms with Gasteiger partial charge in [0, 0.05) is 6.07 Å². The molecule has 7 heteroatoms. The van der Waals surface area contributed by atoms with Gasteiger partial charge in [-0.25, -0.2) is 13.2 Å². The Morgan fingerprint density at radius 3 is 2.43 bits per heavy atom. The van der Waals surface area contributed by atoms with Crippen LogP contribution >= 0.6 is 0 Å². The smallest absolute Gasteiger partial charge is 0.240 e. The lowest BCUT2D eigenvalue weighted by molar-refractivity contribution is -0.128. The number of hydrogen-bond donors (Lipinski definition) is 1. The van der Waals surface area contributed by atoms with Crippen molar-refractivity contribution in [1.29, 1.82) is 0 Å². The second-order valence-electron chi connectivity index (χ2n) is 6.40. The standard InChI is InChI=1S/C16H17F3N2O2/c17-9-2-1-3-16(7-9)8-13(14(20)22)21(15(16)23)12-5-10(18)4-11(19)6-12/h4-6,9,13H,1-3,7-8H2,(H2,20,22). The van der Waals surface area contributed by atoms with Gasteiger partial charge in [0.15, 0.2) is 0 Å². The number of alkyl halides is 1. The summed E-state index contributed by atoms with van der Waals surface area (Å²) in [4.78, 5) is 25.7. The summed E-state index contributed by atoms with van der Waals surface area (Å²) in [6.07, 6.45) is 0.341. The van der Waals surface area contributed by atoms with Crippen LogP contribution in [-0.4, -0.2) is 24.0 Å². The molecule has 1 heterocycles. The number of amides is 2. The average molecular weight is 326 g/mol. The molecule has 2 N–H and O–H groups in total. The molecule has 23 heavy (non-hydrogen) atoms. The summed E-state index contributed by atoms with van der Waals surface area (Å²) in [7, 11) is 0. The van der Waals surface area contributed by atoms with E-state index in [1.165, 1.54) is 0 Å². The molecule has 1 saturated heterocycles. The maximum absolute atomic E-state index is 13.8. The van der Waals surface area contributed by atoms with E-state index in [0.29, 0.717) is 25.3 Å². The molecule has 2 fully saturated rings. The summed E-state index contributed by atoms with van der Waals surface area (Å²) >= 11 is 0. The molecule has 1 aromatic rings. The van der Waals surface area contributed by atoms with E-state index in [2.05, 4.69) is 0 Å². The van der Waals surface area contributed by atoms with Crippen LogP contribution in [0.2, 0.25) is 0 Å². The molecule has 1 aromatic carbocycles. The lowest BCUT2D eigenvalue weighted by Crippen LogP contribution is -2.43. The summed E-state index contributed by atoms with van der Waals surface area (Å²) in [6.45, 7) is 0. The van der Waals surface area contributed by atoms with Crippen LogP contribution in [0.15, 0.2) is 18.2 Å². The first kappa shape index (κ1) is 15.8. The van der Waals surface area contributed by atoms with Crippen molar-refractivity contribution in [3.8, 4) is 0 Å². The van der Waals surface area contributed by atoms with Crippen molar-refractivity contribution in [2.24, 2.45) is 11.1 Å². The molecule has 3 atom stereocenters. The Balaban J connectivity index is 2.03. The van der Waals surface area contributed by atoms with Crippen LogP contribution < -0.4 is 10.6 Å². The number of nitrogens with two attached hydrogens (primary N) is 1. The predicted molar refractivity (Wildman–Crippen MR) is 77.2 cm³/mol. The highest BCUT2D eigenvalue weighted by Crippen LogP contribution is 2.49. The third-order valence-electron chi connectivity index (χ3n) is 4.81. The highest BCUT2D eigenvalue weighted by molar-refractivity contribution is 6.06. The molecule has 0 bridgehead atoms. The minimum Gasteiger partial charge on any atom is -0.368 e. The second kappa shape index (κ2) is 5.54. The van der Waals surface area contributed by atoms with Crippen molar-refractivity contribution in [2.45, 2.75) is 44.3 Å². The molecule has 3 unspecified atom stereocenters. The summed E-state index contributed by atoms with van der Waals surface area (Å²) in [5.74, 6) is -2.96. The van der Waals surface area contributed by atoms with Crippen LogP contribution in [0.25, 0.3) is 0 Å². The van der Waals surface area contributed by atoms with Gasteiger partial charge in [0.1, 0.15) is 23.8 Å². The van der Waals surface area contributed by atoms with Gasteiger partial charge in [0.25, 0.3) is 0 Å². The first-order valence-corrected chi connectivity index (χ1v) is 7.55. The molecule has 1 aliphatic heterocycles. The highest BCUT2D eigenvalue weighted by Gasteiger charge is 2.55. The number of hydrogen-bond acceptors (Lipinski definition) is 2. The van der Waals surface area contributed by atoms with E-state index in [9.17, 15) is 22.8 Å². The van der Waals surface area contributed by atoms with Gasteiger partial charge in [-0.2, -0.15) is 0 Å². The molecule has 1 spiro atoms. The van der Waals surface area contributed by atoms with Crippen LogP contribution in [0.3, 0.4) is 0 Å². The lowest BCUT2D eigenvalue weighted by atomic mass is 9.71. The molecular formula is C16H17F3N2O2. The third-order valence-corrected chi connectivity index (χ3v) is 4.81. The molecular weight excluding hydrogens is 309 g/mol. The van der Waals surface area contributed by atoms with Crippen LogP contribution in [0.5, 0.6) is 0 Å². The Hall–Kier alpha value is -2.05. The Labute approximate surface area is 131 Å². The van der Waals surface area contributed by atoms with Gasteiger partial charge in [-0.3, -0.25) is 14.5 Å². The Morgan fingerprint density at radius 1 is 1.22 bits per heavy atom. The number of rotatable bonds is 2. The van der Waals surface area contributed by atoms with E-state index in [1.807, 2.05) is 0 Å². The first-order valence-electron chi connectivity index (χ1n) is 7.55. The van der Waals surface area contributed by atoms with E-state index in [1.54, 1.807) is 0 Å². The number of anilines is 1. The van der Waals surface area contributed by atoms with Crippen molar-refractivity contribution in [1.82, 2.24) is 0 Å². The second-order valence-corrected chi connectivity index (χ2v) is 6.40. The lowest BCUT2D eigenvalue weighted by Gasteiger charge is -2.33. The summed E-state index contributed by atoms with van der Waals surface area (Å²) in [6, 6.07) is 1.61. The third kappa shape index (κ3) is 2.68. The number of primary amides is 1. The molecule has 2 aliphatic rings. The van der Waals surface area contributed by atoms with E-state index in [4.69, 9.17) is 5.73 Å². The summed E-state index contributed by atoms with van der Waals surface area (Å²) in [5.41, 5.74) is 4.30. The van der Waals surface area contributed by atoms with Crippen LogP contribution in [0, 0.1) is 17.0 Å². The van der Waals surface area contributed by atoms with Gasteiger partial charge in [-0.15, -0.1) is 0 Å². The molecule has 4 nitrogen and oxygen atoms in total. The van der Waals surface area contributed by atoms with Gasteiger partial charge in [-0.05, 0) is 44.2 Å². The molecule has 0 radical (unpaired) electrons. The number of carbonyl (C=O) groups is 2. The van der Waals surface area contributed by atoms with Gasteiger partial charge >= 0.3 is 0 Å². The molecule has 124 valence electrons. The van der Waals surface area contributed by atoms with Crippen molar-refractivity contribution in [3.63, 3.8) is 0 Å². The average Bonchev–Trinajstić information content (AvgIpc) is 2.71. The summed E-state index contributed by atoms with van der Waals surface area (Å²) in [5, 5.41) is 0. The number of carbonyl (C=O) groups excluding carboxylic acids is 2. The van der Waals surface area contributed by atoms with Gasteiger partial charge in [0.05, 0.1) is 11.1 Å². The zero-order valence-electron chi connectivity index (χ0n) is 12.4. The van der Waals surface area contributed by atoms with E-state index < -0.39 is 41.1 Å². The van der Waals surface area contributed by atoms with Gasteiger partial charge in [-0.1, -0.05) is 0 Å². The molecule has 1 aliphatic carbocycles. The Kier molecular flexibility index (Phi) is 3.82. The SMILES string of the molecule is NC(=O)C1CC2(CCCC(F)C2)C(=O)N1c1cc(F)cc(F)c1. The fourth-order valence-corrected chi connectivity index (χ4v) is 3.82. The zero-order chi connectivity index (χ0) is 16.8. The Bertz CT molecular complexity index is 646. The van der Waals surface area contributed by atoms with E-state index in [0.717, 1.165) is 17.0 Å².